The standard InChI is InChI=1S/C7H14N2/c1-5-8-9(6-2)7(3)4/h5-7H,2H2,1,3-4H3/b8-5-. The topological polar surface area (TPSA) is 15.6 Å². The summed E-state index contributed by atoms with van der Waals surface area (Å²) in [6.45, 7) is 9.63. The molecule has 0 saturated heterocycles. The monoisotopic (exact) mass is 126 g/mol. The van der Waals surface area contributed by atoms with Gasteiger partial charge in [0.2, 0.25) is 0 Å². The second kappa shape index (κ2) is 4.13. The van der Waals surface area contributed by atoms with E-state index in [1.54, 1.807) is 17.4 Å². The molecule has 0 amide bonds. The molecular weight excluding hydrogens is 112 g/mol. The molecule has 0 aromatic heterocycles. The van der Waals surface area contributed by atoms with E-state index in [9.17, 15) is 0 Å². The third-order valence-corrected chi connectivity index (χ3v) is 0.965. The summed E-state index contributed by atoms with van der Waals surface area (Å²) in [5, 5.41) is 5.84. The van der Waals surface area contributed by atoms with E-state index >= 15 is 0 Å². The Balaban J connectivity index is 3.82. The summed E-state index contributed by atoms with van der Waals surface area (Å²) < 4.78 is 0. The zero-order valence-corrected chi connectivity index (χ0v) is 6.33. The van der Waals surface area contributed by atoms with Gasteiger partial charge < -0.3 is 0 Å². The van der Waals surface area contributed by atoms with Gasteiger partial charge in [-0.05, 0) is 20.8 Å². The molecule has 0 saturated carbocycles. The molecule has 0 aliphatic carbocycles. The summed E-state index contributed by atoms with van der Waals surface area (Å²) in [7, 11) is 0. The van der Waals surface area contributed by atoms with E-state index in [0.717, 1.165) is 0 Å². The average molecular weight is 126 g/mol. The predicted octanol–water partition coefficient (Wildman–Crippen LogP) is 1.85. The second-order valence-electron chi connectivity index (χ2n) is 2.03. The van der Waals surface area contributed by atoms with Gasteiger partial charge in [-0.15, -0.1) is 0 Å². The van der Waals surface area contributed by atoms with Gasteiger partial charge in [0.05, 0.1) is 0 Å². The van der Waals surface area contributed by atoms with E-state index in [2.05, 4.69) is 25.5 Å². The van der Waals surface area contributed by atoms with E-state index in [1.165, 1.54) is 0 Å². The lowest BCUT2D eigenvalue weighted by atomic mass is 10.4. The molecule has 0 unspecified atom stereocenters. The van der Waals surface area contributed by atoms with E-state index < -0.39 is 0 Å². The lowest BCUT2D eigenvalue weighted by Crippen LogP contribution is -2.18. The van der Waals surface area contributed by atoms with Crippen LogP contribution in [0, 0.1) is 0 Å². The first-order chi connectivity index (χ1) is 4.22. The van der Waals surface area contributed by atoms with Crippen LogP contribution in [0.2, 0.25) is 0 Å². The van der Waals surface area contributed by atoms with Crippen LogP contribution in [-0.4, -0.2) is 17.3 Å². The van der Waals surface area contributed by atoms with Gasteiger partial charge in [-0.2, -0.15) is 5.10 Å². The van der Waals surface area contributed by atoms with Crippen molar-refractivity contribution in [3.8, 4) is 0 Å². The Morgan fingerprint density at radius 1 is 1.56 bits per heavy atom. The summed E-state index contributed by atoms with van der Waals surface area (Å²) in [5.74, 6) is 0. The maximum Gasteiger partial charge on any atom is 0.0462 e. The third kappa shape index (κ3) is 2.90. The molecule has 0 aliphatic heterocycles. The molecule has 0 fully saturated rings. The van der Waals surface area contributed by atoms with Crippen molar-refractivity contribution in [2.75, 3.05) is 0 Å². The van der Waals surface area contributed by atoms with Crippen molar-refractivity contribution in [3.63, 3.8) is 0 Å². The fourth-order valence-electron chi connectivity index (χ4n) is 0.525. The van der Waals surface area contributed by atoms with Crippen LogP contribution in [0.15, 0.2) is 17.9 Å². The highest BCUT2D eigenvalue weighted by molar-refractivity contribution is 5.52. The first-order valence-electron chi connectivity index (χ1n) is 3.11. The zero-order chi connectivity index (χ0) is 7.28. The Hall–Kier alpha value is -0.790. The Labute approximate surface area is 56.9 Å². The van der Waals surface area contributed by atoms with Crippen LogP contribution in [0.25, 0.3) is 0 Å². The lowest BCUT2D eigenvalue weighted by molar-refractivity contribution is 0.330. The van der Waals surface area contributed by atoms with E-state index in [4.69, 9.17) is 0 Å². The highest BCUT2D eigenvalue weighted by Gasteiger charge is 1.97. The molecule has 0 bridgehead atoms. The van der Waals surface area contributed by atoms with Gasteiger partial charge in [0, 0.05) is 18.5 Å². The van der Waals surface area contributed by atoms with Crippen LogP contribution in [0.1, 0.15) is 20.8 Å². The van der Waals surface area contributed by atoms with Crippen molar-refractivity contribution in [2.24, 2.45) is 5.10 Å². The minimum atomic E-state index is 0.402. The Kier molecular flexibility index (Phi) is 3.76. The molecule has 0 radical (unpaired) electrons. The molecule has 0 heterocycles. The summed E-state index contributed by atoms with van der Waals surface area (Å²) in [6.07, 6.45) is 3.46. The molecule has 0 spiro atoms. The molecular formula is C7H14N2. The van der Waals surface area contributed by atoms with Gasteiger partial charge in [0.15, 0.2) is 0 Å². The third-order valence-electron chi connectivity index (χ3n) is 0.965. The fraction of sp³-hybridized carbons (Fsp3) is 0.571. The van der Waals surface area contributed by atoms with E-state index in [1.807, 2.05) is 6.92 Å². The number of rotatable bonds is 3. The smallest absolute Gasteiger partial charge is 0.0462 e. The van der Waals surface area contributed by atoms with Crippen molar-refractivity contribution >= 4 is 6.21 Å². The number of hydrazone groups is 1. The molecule has 2 nitrogen and oxygen atoms in total. The Morgan fingerprint density at radius 2 is 2.11 bits per heavy atom. The molecule has 0 N–H and O–H groups in total. The SMILES string of the molecule is C=CN(/N=C\C)C(C)C. The van der Waals surface area contributed by atoms with Gasteiger partial charge >= 0.3 is 0 Å². The van der Waals surface area contributed by atoms with Crippen LogP contribution < -0.4 is 0 Å². The average Bonchev–Trinajstić information content (AvgIpc) is 1.82. The van der Waals surface area contributed by atoms with Crippen molar-refractivity contribution in [2.45, 2.75) is 26.8 Å². The molecule has 52 valence electrons. The summed E-state index contributed by atoms with van der Waals surface area (Å²) in [6, 6.07) is 0.402. The van der Waals surface area contributed by atoms with Crippen molar-refractivity contribution in [1.82, 2.24) is 5.01 Å². The van der Waals surface area contributed by atoms with Gasteiger partial charge in [-0.25, -0.2) is 0 Å². The van der Waals surface area contributed by atoms with E-state index in [-0.39, 0.29) is 0 Å². The first kappa shape index (κ1) is 8.21. The highest BCUT2D eigenvalue weighted by atomic mass is 15.4. The Morgan fingerprint density at radius 3 is 2.22 bits per heavy atom. The summed E-state index contributed by atoms with van der Waals surface area (Å²) >= 11 is 0. The van der Waals surface area contributed by atoms with Crippen molar-refractivity contribution in [3.05, 3.63) is 12.8 Å². The van der Waals surface area contributed by atoms with Crippen LogP contribution >= 0.6 is 0 Å². The molecule has 0 aromatic rings. The minimum absolute atomic E-state index is 0.402. The van der Waals surface area contributed by atoms with Crippen LogP contribution in [0.3, 0.4) is 0 Å². The molecule has 0 atom stereocenters. The quantitative estimate of drug-likeness (QED) is 0.416. The minimum Gasteiger partial charge on any atom is -0.271 e. The predicted molar refractivity (Wildman–Crippen MR) is 41.3 cm³/mol. The Bertz CT molecular complexity index is 105. The van der Waals surface area contributed by atoms with Gasteiger partial charge in [-0.1, -0.05) is 6.58 Å². The first-order valence-corrected chi connectivity index (χ1v) is 3.11. The normalized spacial score (nSPS) is 10.7. The van der Waals surface area contributed by atoms with E-state index in [0.29, 0.717) is 6.04 Å². The number of hydrogen-bond donors (Lipinski definition) is 0. The zero-order valence-electron chi connectivity index (χ0n) is 6.33. The molecule has 0 rings (SSSR count). The molecule has 0 aliphatic rings. The molecule has 0 aromatic carbocycles. The number of hydrogen-bond acceptors (Lipinski definition) is 2. The molecule has 9 heavy (non-hydrogen) atoms. The second-order valence-corrected chi connectivity index (χ2v) is 2.03. The van der Waals surface area contributed by atoms with Crippen LogP contribution in [0.5, 0.6) is 0 Å². The highest BCUT2D eigenvalue weighted by Crippen LogP contribution is 1.96. The summed E-state index contributed by atoms with van der Waals surface area (Å²) in [5.41, 5.74) is 0. The summed E-state index contributed by atoms with van der Waals surface area (Å²) in [4.78, 5) is 0. The molecule has 2 heteroatoms. The maximum atomic E-state index is 4.03. The van der Waals surface area contributed by atoms with Crippen LogP contribution in [0.4, 0.5) is 0 Å². The van der Waals surface area contributed by atoms with Gasteiger partial charge in [0.1, 0.15) is 0 Å². The van der Waals surface area contributed by atoms with Gasteiger partial charge in [0.25, 0.3) is 0 Å². The number of nitrogens with zero attached hydrogens (tertiary/aromatic N) is 2. The van der Waals surface area contributed by atoms with Crippen molar-refractivity contribution < 1.29 is 0 Å². The largest absolute Gasteiger partial charge is 0.271 e. The van der Waals surface area contributed by atoms with Crippen molar-refractivity contribution in [1.29, 1.82) is 0 Å². The maximum absolute atomic E-state index is 4.03. The lowest BCUT2D eigenvalue weighted by Gasteiger charge is -2.16. The fourth-order valence-corrected chi connectivity index (χ4v) is 0.525. The van der Waals surface area contributed by atoms with Gasteiger partial charge in [-0.3, -0.25) is 5.01 Å². The van der Waals surface area contributed by atoms with Crippen LogP contribution in [-0.2, 0) is 0 Å².